The summed E-state index contributed by atoms with van der Waals surface area (Å²) in [4.78, 5) is 55.0. The van der Waals surface area contributed by atoms with E-state index in [0.717, 1.165) is 52.7 Å². The average molecular weight is 1140 g/mol. The van der Waals surface area contributed by atoms with E-state index in [2.05, 4.69) is 149 Å². The molecule has 3 aliphatic rings. The van der Waals surface area contributed by atoms with Crippen molar-refractivity contribution in [3.63, 3.8) is 0 Å². The number of benzene rings is 4. The highest BCUT2D eigenvalue weighted by atomic mass is 28.4. The molecule has 4 atom stereocenters. The molecule has 0 aliphatic carbocycles. The fourth-order valence-corrected chi connectivity index (χ4v) is 12.9. The lowest BCUT2D eigenvalue weighted by Gasteiger charge is -2.39. The molecule has 2 unspecified atom stereocenters. The van der Waals surface area contributed by atoms with Crippen LogP contribution in [0.3, 0.4) is 0 Å². The van der Waals surface area contributed by atoms with E-state index in [-0.39, 0.29) is 41.2 Å². The summed E-state index contributed by atoms with van der Waals surface area (Å²) in [6.07, 6.45) is 4.55. The molecule has 4 aromatic carbocycles. The van der Waals surface area contributed by atoms with E-state index in [4.69, 9.17) is 28.6 Å². The maximum absolute atomic E-state index is 13.6. The predicted octanol–water partition coefficient (Wildman–Crippen LogP) is 14.0. The van der Waals surface area contributed by atoms with Crippen LogP contribution in [0.25, 0.3) is 22.5 Å². The highest BCUT2D eigenvalue weighted by molar-refractivity contribution is 6.69. The molecular weight excluding hydrogens is 1040 g/mol. The summed E-state index contributed by atoms with van der Waals surface area (Å²) in [5.74, 6) is 1.81. The highest BCUT2D eigenvalue weighted by Gasteiger charge is 2.55. The molecule has 2 aromatic heterocycles. The third-order valence-electron chi connectivity index (χ3n) is 14.7. The van der Waals surface area contributed by atoms with E-state index < -0.39 is 30.7 Å². The van der Waals surface area contributed by atoms with Gasteiger partial charge in [0, 0.05) is 62.7 Å². The Morgan fingerprint density at radius 3 is 1.49 bits per heavy atom. The van der Waals surface area contributed by atoms with Gasteiger partial charge in [0.05, 0.1) is 48.7 Å². The van der Waals surface area contributed by atoms with Crippen molar-refractivity contribution in [2.75, 3.05) is 39.3 Å². The van der Waals surface area contributed by atoms with Crippen LogP contribution in [0.2, 0.25) is 19.6 Å². The molecule has 0 radical (unpaired) electrons. The Kier molecular flexibility index (Phi) is 18.1. The lowest BCUT2D eigenvalue weighted by atomic mass is 9.84. The molecule has 1 spiro atoms. The predicted molar refractivity (Wildman–Crippen MR) is 327 cm³/mol. The van der Waals surface area contributed by atoms with Gasteiger partial charge < -0.3 is 42.9 Å². The van der Waals surface area contributed by atoms with Crippen LogP contribution in [-0.2, 0) is 31.7 Å². The standard InChI is InChI=1S/C34H50N4O3Si.C32H40N4O4/c1-32(2,3)29(35-24-34(41-42(7,8)9)20-21-37(25-34)31(39)40-33(4,5)6)30-36-28(27-18-14-11-15-19-27)23-38(30)22-26-16-12-10-13-17-26;1-30(2,3)26(36-22-32(40-29(36)38)17-18-34(21-32)28(37)39-31(4,5)6)27-33-25(24-15-11-8-12-16-24)20-35(27)19-23-13-9-7-10-14-23/h10-19,23,29,35H,20-22,24-25H2,1-9H3;7-16,20,26H,17-19,21-22H2,1-6H3/t29-,34?;26-,32?/m00/s1. The van der Waals surface area contributed by atoms with E-state index >= 15 is 0 Å². The molecule has 6 aromatic rings. The second-order valence-corrected chi connectivity index (χ2v) is 32.2. The number of likely N-dealkylation sites (tertiary alicyclic amines) is 2. The molecule has 3 aliphatic heterocycles. The van der Waals surface area contributed by atoms with E-state index in [1.165, 1.54) is 5.56 Å². The quantitative estimate of drug-likeness (QED) is 0.0826. The van der Waals surface area contributed by atoms with Crippen molar-refractivity contribution in [1.82, 2.24) is 39.1 Å². The minimum atomic E-state index is -1.94. The third-order valence-corrected chi connectivity index (χ3v) is 15.8. The van der Waals surface area contributed by atoms with Crippen LogP contribution in [-0.4, -0.2) is 122 Å². The fraction of sp³-hybridized carbons (Fsp3) is 0.500. The molecule has 82 heavy (non-hydrogen) atoms. The number of ether oxygens (including phenoxy) is 3. The van der Waals surface area contributed by atoms with E-state index in [1.807, 2.05) is 112 Å². The van der Waals surface area contributed by atoms with Crippen molar-refractivity contribution in [3.8, 4) is 22.5 Å². The maximum atomic E-state index is 13.6. The van der Waals surface area contributed by atoms with Crippen LogP contribution in [0.5, 0.6) is 0 Å². The molecule has 3 saturated heterocycles. The Bertz CT molecular complexity index is 3100. The Balaban J connectivity index is 0.000000215. The summed E-state index contributed by atoms with van der Waals surface area (Å²) in [6.45, 7) is 35.3. The lowest BCUT2D eigenvalue weighted by Crippen LogP contribution is -2.53. The average Bonchev–Trinajstić information content (AvgIpc) is 2.80. The van der Waals surface area contributed by atoms with E-state index in [1.54, 1.807) is 4.90 Å². The van der Waals surface area contributed by atoms with Gasteiger partial charge in [0.2, 0.25) is 0 Å². The number of carbonyl (C=O) groups is 3. The first-order valence-electron chi connectivity index (χ1n) is 29.1. The van der Waals surface area contributed by atoms with Crippen LogP contribution >= 0.6 is 0 Å². The molecule has 1 N–H and O–H groups in total. The van der Waals surface area contributed by atoms with Crippen LogP contribution in [0.4, 0.5) is 14.4 Å². The minimum Gasteiger partial charge on any atom is -0.444 e. The molecule has 9 rings (SSSR count). The van der Waals surface area contributed by atoms with E-state index in [9.17, 15) is 14.4 Å². The van der Waals surface area contributed by atoms with Gasteiger partial charge in [0.15, 0.2) is 13.9 Å². The SMILES string of the molecule is CC(C)(C)OC(=O)N1CCC(CN[C@@H](c2nc(-c3ccccc3)cn2Cc2ccccc2)C(C)(C)C)(O[Si](C)(C)C)C1.CC(C)(C)OC(=O)N1CCC2(C1)CN([C@@H](c1nc(-c3ccccc3)cn1Cc1ccccc1)C(C)(C)C)C(=O)O2. The van der Waals surface area contributed by atoms with Gasteiger partial charge in [-0.05, 0) is 89.6 Å². The van der Waals surface area contributed by atoms with Gasteiger partial charge in [0.1, 0.15) is 22.9 Å². The van der Waals surface area contributed by atoms with Crippen molar-refractivity contribution in [3.05, 3.63) is 156 Å². The first-order valence-corrected chi connectivity index (χ1v) is 32.5. The summed E-state index contributed by atoms with van der Waals surface area (Å²) in [7, 11) is -1.94. The number of hydrogen-bond acceptors (Lipinski definition) is 10. The Hall–Kier alpha value is -6.75. The molecular formula is C66H90N8O7Si. The molecule has 3 fully saturated rings. The zero-order valence-electron chi connectivity index (χ0n) is 51.4. The zero-order valence-corrected chi connectivity index (χ0v) is 52.4. The lowest BCUT2D eigenvalue weighted by molar-refractivity contribution is 0.0180. The number of imidazole rings is 2. The number of aromatic nitrogens is 4. The number of rotatable bonds is 14. The smallest absolute Gasteiger partial charge is 0.411 e. The number of amides is 3. The summed E-state index contributed by atoms with van der Waals surface area (Å²) >= 11 is 0. The van der Waals surface area contributed by atoms with Gasteiger partial charge in [-0.2, -0.15) is 0 Å². The first-order chi connectivity index (χ1) is 38.4. The second-order valence-electron chi connectivity index (χ2n) is 27.8. The van der Waals surface area contributed by atoms with E-state index in [0.29, 0.717) is 52.2 Å². The number of nitrogens with zero attached hydrogens (tertiary/aromatic N) is 7. The molecule has 440 valence electrons. The van der Waals surface area contributed by atoms with Crippen LogP contribution in [0, 0.1) is 10.8 Å². The third kappa shape index (κ3) is 15.9. The Labute approximate surface area is 488 Å². The monoisotopic (exact) mass is 1130 g/mol. The molecule has 0 bridgehead atoms. The van der Waals surface area contributed by atoms with Crippen LogP contribution < -0.4 is 5.32 Å². The van der Waals surface area contributed by atoms with Crippen molar-refractivity contribution >= 4 is 26.6 Å². The van der Waals surface area contributed by atoms with Gasteiger partial charge in [-0.25, -0.2) is 24.4 Å². The summed E-state index contributed by atoms with van der Waals surface area (Å²) < 4.78 is 28.7. The van der Waals surface area contributed by atoms with Crippen LogP contribution in [0.1, 0.15) is 131 Å². The number of carbonyl (C=O) groups excluding carboxylic acids is 3. The molecule has 3 amide bonds. The van der Waals surface area contributed by atoms with Gasteiger partial charge in [-0.1, -0.05) is 163 Å². The minimum absolute atomic E-state index is 0.0589. The van der Waals surface area contributed by atoms with Gasteiger partial charge in [0.25, 0.3) is 0 Å². The van der Waals surface area contributed by atoms with Gasteiger partial charge in [-0.15, -0.1) is 0 Å². The van der Waals surface area contributed by atoms with Crippen molar-refractivity contribution in [2.24, 2.45) is 10.8 Å². The number of hydrogen-bond donors (Lipinski definition) is 1. The summed E-state index contributed by atoms with van der Waals surface area (Å²) in [6, 6.07) is 40.8. The number of nitrogens with one attached hydrogen (secondary N) is 1. The van der Waals surface area contributed by atoms with Crippen LogP contribution in [0.15, 0.2) is 134 Å². The normalized spacial score (nSPS) is 19.5. The fourth-order valence-electron chi connectivity index (χ4n) is 11.3. The maximum Gasteiger partial charge on any atom is 0.411 e. The second kappa shape index (κ2) is 24.2. The van der Waals surface area contributed by atoms with Gasteiger partial charge >= 0.3 is 18.3 Å². The Morgan fingerprint density at radius 1 is 0.598 bits per heavy atom. The zero-order chi connectivity index (χ0) is 59.5. The summed E-state index contributed by atoms with van der Waals surface area (Å²) in [5, 5.41) is 3.92. The molecule has 5 heterocycles. The molecule has 15 nitrogen and oxygen atoms in total. The highest BCUT2D eigenvalue weighted by Crippen LogP contribution is 2.45. The summed E-state index contributed by atoms with van der Waals surface area (Å²) in [5.41, 5.74) is 3.44. The molecule has 16 heteroatoms. The topological polar surface area (TPSA) is 146 Å². The molecule has 0 saturated carbocycles. The largest absolute Gasteiger partial charge is 0.444 e. The van der Waals surface area contributed by atoms with Crippen molar-refractivity contribution in [2.45, 2.75) is 163 Å². The first kappa shape index (κ1) is 61.3. The van der Waals surface area contributed by atoms with Crippen molar-refractivity contribution < 1.29 is 33.0 Å². The Morgan fingerprint density at radius 2 is 1.04 bits per heavy atom. The van der Waals surface area contributed by atoms with Gasteiger partial charge in [-0.3, -0.25) is 4.90 Å². The van der Waals surface area contributed by atoms with Crippen molar-refractivity contribution in [1.29, 1.82) is 0 Å².